The fourth-order valence-corrected chi connectivity index (χ4v) is 4.09. The van der Waals surface area contributed by atoms with Crippen LogP contribution in [0.3, 0.4) is 0 Å². The third-order valence-electron chi connectivity index (χ3n) is 5.60. The van der Waals surface area contributed by atoms with Crippen LogP contribution in [0.5, 0.6) is 0 Å². The number of carbonyl (C=O) groups excluding carboxylic acids is 2. The van der Waals surface area contributed by atoms with Crippen LogP contribution < -0.4 is 0 Å². The molecule has 5 heteroatoms. The van der Waals surface area contributed by atoms with Crippen LogP contribution in [0.15, 0.2) is 54.6 Å². The van der Waals surface area contributed by atoms with Crippen LogP contribution in [0.25, 0.3) is 0 Å². The maximum Gasteiger partial charge on any atom is 0.269 e. The molecule has 2 aromatic rings. The summed E-state index contributed by atoms with van der Waals surface area (Å²) in [6.07, 6.45) is 5.40. The third kappa shape index (κ3) is 4.91. The fourth-order valence-electron chi connectivity index (χ4n) is 4.09. The molecular formula is C23H25NO4. The summed E-state index contributed by atoms with van der Waals surface area (Å²) in [5.41, 5.74) is 1.31. The van der Waals surface area contributed by atoms with E-state index in [4.69, 9.17) is 0 Å². The molecule has 0 radical (unpaired) electrons. The van der Waals surface area contributed by atoms with E-state index in [0.717, 1.165) is 32.1 Å². The number of carbonyl (C=O) groups is 2. The van der Waals surface area contributed by atoms with Gasteiger partial charge in [-0.15, -0.1) is 0 Å². The molecule has 0 N–H and O–H groups in total. The molecule has 0 amide bonds. The number of Topliss-reactive ketones (excluding diaryl/α,β-unsaturated/α-hetero) is 2. The highest BCUT2D eigenvalue weighted by molar-refractivity contribution is 5.97. The molecule has 1 aliphatic rings. The molecule has 2 atom stereocenters. The van der Waals surface area contributed by atoms with Gasteiger partial charge >= 0.3 is 0 Å². The maximum atomic E-state index is 12.9. The first-order valence-electron chi connectivity index (χ1n) is 9.91. The van der Waals surface area contributed by atoms with Crippen molar-refractivity contribution in [2.75, 3.05) is 0 Å². The van der Waals surface area contributed by atoms with Crippen molar-refractivity contribution in [3.05, 3.63) is 75.8 Å². The lowest BCUT2D eigenvalue weighted by molar-refractivity contribution is -0.384. The molecule has 0 heterocycles. The molecule has 2 aromatic carbocycles. The van der Waals surface area contributed by atoms with Crippen molar-refractivity contribution < 1.29 is 14.5 Å². The van der Waals surface area contributed by atoms with E-state index in [1.165, 1.54) is 12.1 Å². The first kappa shape index (κ1) is 19.9. The normalized spacial score (nSPS) is 18.7. The van der Waals surface area contributed by atoms with E-state index in [1.807, 2.05) is 24.3 Å². The second-order valence-electron chi connectivity index (χ2n) is 7.48. The molecule has 0 bridgehead atoms. The lowest BCUT2D eigenvalue weighted by Gasteiger charge is -2.28. The number of nitrogens with zero attached hydrogens (tertiary/aromatic N) is 1. The number of nitro groups is 1. The average molecular weight is 379 g/mol. The largest absolute Gasteiger partial charge is 0.299 e. The van der Waals surface area contributed by atoms with Crippen molar-refractivity contribution in [3.63, 3.8) is 0 Å². The molecule has 1 saturated carbocycles. The van der Waals surface area contributed by atoms with Gasteiger partial charge in [-0.2, -0.15) is 0 Å². The van der Waals surface area contributed by atoms with Crippen LogP contribution in [-0.4, -0.2) is 16.5 Å². The van der Waals surface area contributed by atoms with Gasteiger partial charge in [0.1, 0.15) is 5.78 Å². The monoisotopic (exact) mass is 379 g/mol. The highest BCUT2D eigenvalue weighted by atomic mass is 16.6. The van der Waals surface area contributed by atoms with Crippen LogP contribution in [-0.2, 0) is 4.79 Å². The predicted octanol–water partition coefficient (Wildman–Crippen LogP) is 5.49. The van der Waals surface area contributed by atoms with Crippen molar-refractivity contribution in [1.82, 2.24) is 0 Å². The minimum Gasteiger partial charge on any atom is -0.299 e. The van der Waals surface area contributed by atoms with E-state index in [-0.39, 0.29) is 35.5 Å². The Morgan fingerprint density at radius 3 is 2.54 bits per heavy atom. The standard InChI is InChI=1S/C23H25NO4/c25-22-14-7-2-1-6-13-20(22)21(16-23(26)17-9-4-3-5-10-17)18-11-8-12-19(15-18)24(27)28/h3-5,8-12,15,20-21H,1-2,6-7,13-14,16H2/t20-,21+/m0/s1. The zero-order chi connectivity index (χ0) is 19.9. The number of hydrogen-bond donors (Lipinski definition) is 0. The van der Waals surface area contributed by atoms with Crippen molar-refractivity contribution >= 4 is 17.3 Å². The van der Waals surface area contributed by atoms with Gasteiger partial charge in [0.25, 0.3) is 5.69 Å². The lowest BCUT2D eigenvalue weighted by Crippen LogP contribution is -2.26. The van der Waals surface area contributed by atoms with Crippen LogP contribution in [0, 0.1) is 16.0 Å². The highest BCUT2D eigenvalue weighted by Gasteiger charge is 2.32. The minimum atomic E-state index is -0.431. The Balaban J connectivity index is 1.95. The Kier molecular flexibility index (Phi) is 6.69. The summed E-state index contributed by atoms with van der Waals surface area (Å²) in [4.78, 5) is 36.6. The maximum absolute atomic E-state index is 12.9. The molecular weight excluding hydrogens is 354 g/mol. The Bertz CT molecular complexity index is 847. The van der Waals surface area contributed by atoms with Gasteiger partial charge in [0.2, 0.25) is 0 Å². The number of non-ortho nitro benzene ring substituents is 1. The van der Waals surface area contributed by atoms with Gasteiger partial charge in [0.15, 0.2) is 5.78 Å². The van der Waals surface area contributed by atoms with E-state index in [1.54, 1.807) is 18.2 Å². The Morgan fingerprint density at radius 1 is 1.04 bits per heavy atom. The van der Waals surface area contributed by atoms with Gasteiger partial charge in [0, 0.05) is 42.4 Å². The predicted molar refractivity (Wildman–Crippen MR) is 107 cm³/mol. The van der Waals surface area contributed by atoms with Gasteiger partial charge in [-0.3, -0.25) is 19.7 Å². The van der Waals surface area contributed by atoms with E-state index in [0.29, 0.717) is 17.5 Å². The summed E-state index contributed by atoms with van der Waals surface area (Å²) >= 11 is 0. The smallest absolute Gasteiger partial charge is 0.269 e. The van der Waals surface area contributed by atoms with E-state index in [2.05, 4.69) is 0 Å². The highest BCUT2D eigenvalue weighted by Crippen LogP contribution is 2.37. The van der Waals surface area contributed by atoms with Crippen LogP contribution >= 0.6 is 0 Å². The van der Waals surface area contributed by atoms with Crippen LogP contribution in [0.2, 0.25) is 0 Å². The van der Waals surface area contributed by atoms with Crippen molar-refractivity contribution in [2.45, 2.75) is 50.9 Å². The number of rotatable bonds is 6. The molecule has 3 rings (SSSR count). The van der Waals surface area contributed by atoms with Gasteiger partial charge < -0.3 is 0 Å². The second kappa shape index (κ2) is 9.40. The van der Waals surface area contributed by atoms with Crippen LogP contribution in [0.4, 0.5) is 5.69 Å². The summed E-state index contributed by atoms with van der Waals surface area (Å²) in [7, 11) is 0. The Morgan fingerprint density at radius 2 is 1.79 bits per heavy atom. The number of benzene rings is 2. The van der Waals surface area contributed by atoms with Crippen molar-refractivity contribution in [2.24, 2.45) is 5.92 Å². The SMILES string of the molecule is O=C(C[C@H](c1cccc([N+](=O)[O-])c1)[C@@H]1CCCCCCC1=O)c1ccccc1. The van der Waals surface area contributed by atoms with Crippen LogP contribution in [0.1, 0.15) is 66.8 Å². The molecule has 0 saturated heterocycles. The number of hydrogen-bond acceptors (Lipinski definition) is 4. The zero-order valence-corrected chi connectivity index (χ0v) is 15.9. The topological polar surface area (TPSA) is 77.3 Å². The van der Waals surface area contributed by atoms with Gasteiger partial charge in [0.05, 0.1) is 4.92 Å². The number of nitro benzene ring substituents is 1. The summed E-state index contributed by atoms with van der Waals surface area (Å²) < 4.78 is 0. The van der Waals surface area contributed by atoms with Crippen molar-refractivity contribution in [1.29, 1.82) is 0 Å². The third-order valence-corrected chi connectivity index (χ3v) is 5.60. The molecule has 28 heavy (non-hydrogen) atoms. The Labute approximate surface area is 164 Å². The Hall–Kier alpha value is -2.82. The molecule has 0 aliphatic heterocycles. The molecule has 5 nitrogen and oxygen atoms in total. The van der Waals surface area contributed by atoms with Crippen molar-refractivity contribution in [3.8, 4) is 0 Å². The average Bonchev–Trinajstić information content (AvgIpc) is 2.70. The fraction of sp³-hybridized carbons (Fsp3) is 0.391. The van der Waals surface area contributed by atoms with E-state index < -0.39 is 4.92 Å². The molecule has 146 valence electrons. The minimum absolute atomic E-state index is 0.00652. The summed E-state index contributed by atoms with van der Waals surface area (Å²) in [5.74, 6) is -0.461. The molecule has 0 aromatic heterocycles. The van der Waals surface area contributed by atoms with Gasteiger partial charge in [-0.05, 0) is 18.4 Å². The first-order chi connectivity index (χ1) is 13.6. The molecule has 0 spiro atoms. The molecule has 1 fully saturated rings. The summed E-state index contributed by atoms with van der Waals surface area (Å²) in [6.45, 7) is 0. The zero-order valence-electron chi connectivity index (χ0n) is 15.9. The summed E-state index contributed by atoms with van der Waals surface area (Å²) in [5, 5.41) is 11.2. The molecule has 1 aliphatic carbocycles. The van der Waals surface area contributed by atoms with Gasteiger partial charge in [-0.1, -0.05) is 61.7 Å². The van der Waals surface area contributed by atoms with Gasteiger partial charge in [-0.25, -0.2) is 0 Å². The first-order valence-corrected chi connectivity index (χ1v) is 9.91. The number of ketones is 2. The second-order valence-corrected chi connectivity index (χ2v) is 7.48. The summed E-state index contributed by atoms with van der Waals surface area (Å²) in [6, 6.07) is 15.4. The quantitative estimate of drug-likeness (QED) is 0.378. The lowest BCUT2D eigenvalue weighted by atomic mass is 9.75. The molecule has 0 unspecified atom stereocenters. The van der Waals surface area contributed by atoms with E-state index >= 15 is 0 Å². The van der Waals surface area contributed by atoms with E-state index in [9.17, 15) is 19.7 Å².